The van der Waals surface area contributed by atoms with Crippen molar-refractivity contribution < 1.29 is 19.2 Å². The van der Waals surface area contributed by atoms with Gasteiger partial charge in [-0.25, -0.2) is 0 Å². The van der Waals surface area contributed by atoms with Gasteiger partial charge >= 0.3 is 11.8 Å². The number of para-hydroxylation sites is 1. The number of hydrogen-bond donors (Lipinski definition) is 1. The van der Waals surface area contributed by atoms with Crippen molar-refractivity contribution in [3.63, 3.8) is 0 Å². The number of rotatable bonds is 3. The molecule has 3 aromatic rings. The number of fused-ring (bicyclic) bond motifs is 3. The molecule has 7 nitrogen and oxygen atoms in total. The maximum absolute atomic E-state index is 13.7. The fourth-order valence-electron chi connectivity index (χ4n) is 4.38. The summed E-state index contributed by atoms with van der Waals surface area (Å²) in [5.41, 5.74) is 0.101. The van der Waals surface area contributed by atoms with Gasteiger partial charge in [-0.15, -0.1) is 0 Å². The maximum Gasteiger partial charge on any atom is 0.312 e. The molecule has 3 aromatic carbocycles. The number of Topliss-reactive ketones (excluding diaryl/α,β-unsaturated/α-hetero) is 1. The number of hydrogen-bond acceptors (Lipinski definition) is 4. The molecule has 1 fully saturated rings. The average molecular weight is 425 g/mol. The zero-order valence-electron chi connectivity index (χ0n) is 17.0. The molecule has 0 spiro atoms. The van der Waals surface area contributed by atoms with Crippen LogP contribution in [0.1, 0.15) is 21.5 Å². The van der Waals surface area contributed by atoms with E-state index in [0.29, 0.717) is 16.8 Å². The molecule has 158 valence electrons. The Balaban J connectivity index is 1.64. The minimum absolute atomic E-state index is 0.0978. The molecular weight excluding hydrogens is 406 g/mol. The quantitative estimate of drug-likeness (QED) is 0.652. The predicted octanol–water partition coefficient (Wildman–Crippen LogP) is 2.23. The number of nitrogens with one attached hydrogen (secondary N) is 1. The van der Waals surface area contributed by atoms with Crippen LogP contribution in [0.4, 0.5) is 5.69 Å². The Bertz CT molecular complexity index is 1240. The average Bonchev–Trinajstić information content (AvgIpc) is 3.07. The fraction of sp³-hybridized carbons (Fsp3) is 0.120. The molecule has 2 aliphatic heterocycles. The molecular formula is C25H19N3O4. The highest BCUT2D eigenvalue weighted by Gasteiger charge is 2.58. The normalized spacial score (nSPS) is 20.4. The van der Waals surface area contributed by atoms with E-state index in [9.17, 15) is 19.2 Å². The van der Waals surface area contributed by atoms with Gasteiger partial charge in [0.05, 0.1) is 5.69 Å². The summed E-state index contributed by atoms with van der Waals surface area (Å²) in [6, 6.07) is 24.4. The zero-order chi connectivity index (χ0) is 22.3. The number of carbonyl (C=O) groups is 4. The Morgan fingerprint density at radius 3 is 2.12 bits per heavy atom. The smallest absolute Gasteiger partial charge is 0.312 e. The largest absolute Gasteiger partial charge is 0.321 e. The van der Waals surface area contributed by atoms with Gasteiger partial charge in [-0.1, -0.05) is 72.8 Å². The van der Waals surface area contributed by atoms with Crippen molar-refractivity contribution in [2.24, 2.45) is 0 Å². The highest BCUT2D eigenvalue weighted by molar-refractivity contribution is 6.37. The first-order chi connectivity index (χ1) is 15.5. The monoisotopic (exact) mass is 425 g/mol. The minimum Gasteiger partial charge on any atom is -0.321 e. The van der Waals surface area contributed by atoms with Crippen LogP contribution in [0, 0.1) is 0 Å². The molecule has 32 heavy (non-hydrogen) atoms. The van der Waals surface area contributed by atoms with Crippen molar-refractivity contribution in [3.8, 4) is 0 Å². The summed E-state index contributed by atoms with van der Waals surface area (Å²) in [7, 11) is 0. The van der Waals surface area contributed by atoms with Gasteiger partial charge in [-0.2, -0.15) is 0 Å². The lowest BCUT2D eigenvalue weighted by molar-refractivity contribution is -0.149. The first-order valence-corrected chi connectivity index (χ1v) is 10.2. The van der Waals surface area contributed by atoms with Crippen molar-refractivity contribution in [1.29, 1.82) is 0 Å². The molecule has 5 rings (SSSR count). The Hall–Kier alpha value is -4.26. The van der Waals surface area contributed by atoms with E-state index in [2.05, 4.69) is 5.32 Å². The predicted molar refractivity (Wildman–Crippen MR) is 116 cm³/mol. The van der Waals surface area contributed by atoms with E-state index >= 15 is 0 Å². The molecule has 0 aromatic heterocycles. The molecule has 0 radical (unpaired) electrons. The molecule has 0 saturated carbocycles. The molecule has 1 N–H and O–H groups in total. The number of nitrogens with zero attached hydrogens (tertiary/aromatic N) is 2. The van der Waals surface area contributed by atoms with Gasteiger partial charge in [0.15, 0.2) is 0 Å². The van der Waals surface area contributed by atoms with Gasteiger partial charge in [0.25, 0.3) is 0 Å². The van der Waals surface area contributed by atoms with Crippen LogP contribution in [0.5, 0.6) is 0 Å². The third-order valence-corrected chi connectivity index (χ3v) is 5.81. The lowest BCUT2D eigenvalue weighted by Crippen LogP contribution is -2.67. The summed E-state index contributed by atoms with van der Waals surface area (Å²) in [4.78, 5) is 55.9. The van der Waals surface area contributed by atoms with Crippen LogP contribution >= 0.6 is 0 Å². The summed E-state index contributed by atoms with van der Waals surface area (Å²) < 4.78 is 0. The topological polar surface area (TPSA) is 86.8 Å². The number of amides is 3. The Labute approximate surface area is 184 Å². The van der Waals surface area contributed by atoms with Crippen LogP contribution in [0.25, 0.3) is 0 Å². The summed E-state index contributed by atoms with van der Waals surface area (Å²) in [5, 5.41) is 2.63. The highest BCUT2D eigenvalue weighted by atomic mass is 16.2. The zero-order valence-corrected chi connectivity index (χ0v) is 17.0. The van der Waals surface area contributed by atoms with Crippen LogP contribution in [-0.4, -0.2) is 34.9 Å². The number of carbonyl (C=O) groups excluding carboxylic acids is 4. The summed E-state index contributed by atoms with van der Waals surface area (Å²) in [5.74, 6) is -2.72. The van der Waals surface area contributed by atoms with Gasteiger partial charge in [0.2, 0.25) is 17.4 Å². The van der Waals surface area contributed by atoms with Crippen LogP contribution in [0.15, 0.2) is 84.9 Å². The first kappa shape index (κ1) is 19.7. The van der Waals surface area contributed by atoms with Gasteiger partial charge in [0, 0.05) is 17.7 Å². The van der Waals surface area contributed by atoms with E-state index in [1.807, 2.05) is 30.3 Å². The molecule has 1 unspecified atom stereocenters. The fourth-order valence-corrected chi connectivity index (χ4v) is 4.38. The SMILES string of the molecule is O=C1NC2(c3ccccc3)C(=O)c3ccccc3N2C(=O)CN(Cc2ccccc2)C1=O. The van der Waals surface area contributed by atoms with E-state index in [1.54, 1.807) is 54.6 Å². The molecule has 3 amide bonds. The third kappa shape index (κ3) is 2.90. The van der Waals surface area contributed by atoms with Crippen molar-refractivity contribution in [3.05, 3.63) is 102 Å². The number of anilines is 1. The van der Waals surface area contributed by atoms with Crippen LogP contribution in [0.3, 0.4) is 0 Å². The molecule has 1 atom stereocenters. The second-order valence-corrected chi connectivity index (χ2v) is 7.75. The standard InChI is InChI=1S/C25H19N3O4/c29-21-16-27(15-17-9-3-1-4-10-17)24(32)23(31)26-25(18-11-5-2-6-12-18)22(30)19-13-7-8-14-20(19)28(21)25/h1-14H,15-16H2,(H,26,31). The second kappa shape index (κ2) is 7.46. The summed E-state index contributed by atoms with van der Waals surface area (Å²) in [6.45, 7) is -0.238. The maximum atomic E-state index is 13.7. The molecule has 2 heterocycles. The van der Waals surface area contributed by atoms with E-state index in [1.165, 1.54) is 9.80 Å². The molecule has 0 aliphatic carbocycles. The van der Waals surface area contributed by atoms with Crippen molar-refractivity contribution in [2.45, 2.75) is 12.2 Å². The second-order valence-electron chi connectivity index (χ2n) is 7.75. The van der Waals surface area contributed by atoms with E-state index in [-0.39, 0.29) is 13.1 Å². The lowest BCUT2D eigenvalue weighted by Gasteiger charge is -2.41. The molecule has 7 heteroatoms. The molecule has 2 aliphatic rings. The third-order valence-electron chi connectivity index (χ3n) is 5.81. The number of ketones is 1. The van der Waals surface area contributed by atoms with Gasteiger partial charge < -0.3 is 10.2 Å². The van der Waals surface area contributed by atoms with Gasteiger partial charge in [-0.05, 0) is 17.7 Å². The summed E-state index contributed by atoms with van der Waals surface area (Å²) in [6.07, 6.45) is 0. The van der Waals surface area contributed by atoms with Gasteiger partial charge in [0.1, 0.15) is 6.54 Å². The van der Waals surface area contributed by atoms with E-state index in [0.717, 1.165) is 5.56 Å². The van der Waals surface area contributed by atoms with Crippen LogP contribution in [-0.2, 0) is 26.6 Å². The highest BCUT2D eigenvalue weighted by Crippen LogP contribution is 2.44. The van der Waals surface area contributed by atoms with Gasteiger partial charge in [-0.3, -0.25) is 24.1 Å². The Morgan fingerprint density at radius 2 is 1.41 bits per heavy atom. The van der Waals surface area contributed by atoms with Crippen molar-refractivity contribution >= 4 is 29.2 Å². The van der Waals surface area contributed by atoms with Crippen LogP contribution < -0.4 is 10.2 Å². The van der Waals surface area contributed by atoms with Crippen molar-refractivity contribution in [1.82, 2.24) is 10.2 Å². The molecule has 1 saturated heterocycles. The minimum atomic E-state index is -1.81. The molecule has 0 bridgehead atoms. The van der Waals surface area contributed by atoms with E-state index in [4.69, 9.17) is 0 Å². The van der Waals surface area contributed by atoms with Crippen LogP contribution in [0.2, 0.25) is 0 Å². The Morgan fingerprint density at radius 1 is 0.781 bits per heavy atom. The summed E-state index contributed by atoms with van der Waals surface area (Å²) >= 11 is 0. The number of benzene rings is 3. The first-order valence-electron chi connectivity index (χ1n) is 10.2. The van der Waals surface area contributed by atoms with E-state index < -0.39 is 29.2 Å². The Kier molecular flexibility index (Phi) is 4.59. The van der Waals surface area contributed by atoms with Crippen molar-refractivity contribution in [2.75, 3.05) is 11.4 Å². The lowest BCUT2D eigenvalue weighted by atomic mass is 9.92.